The molecule has 0 aromatic carbocycles. The molecule has 1 aliphatic heterocycles. The third-order valence-electron chi connectivity index (χ3n) is 5.72. The topological polar surface area (TPSA) is 126 Å². The van der Waals surface area contributed by atoms with E-state index in [2.05, 4.69) is 20.3 Å². The van der Waals surface area contributed by atoms with Crippen LogP contribution in [0.25, 0.3) is 11.2 Å². The normalized spacial score (nSPS) is 29.4. The fraction of sp³-hybridized carbons (Fsp3) is 0.722. The molecule has 9 heteroatoms. The van der Waals surface area contributed by atoms with Gasteiger partial charge < -0.3 is 25.4 Å². The molecule has 0 radical (unpaired) electrons. The zero-order valence-corrected chi connectivity index (χ0v) is 15.2. The number of hydrogen-bond acceptors (Lipinski definition) is 8. The molecule has 1 saturated carbocycles. The lowest BCUT2D eigenvalue weighted by Crippen LogP contribution is -2.33. The maximum atomic E-state index is 10.3. The van der Waals surface area contributed by atoms with Crippen molar-refractivity contribution in [2.75, 3.05) is 18.5 Å². The predicted octanol–water partition coefficient (Wildman–Crippen LogP) is 0.820. The number of ether oxygens (including phenoxy) is 1. The van der Waals surface area contributed by atoms with Crippen LogP contribution in [0.4, 0.5) is 5.82 Å². The first-order chi connectivity index (χ1) is 13.2. The Labute approximate surface area is 157 Å². The maximum absolute atomic E-state index is 10.3. The summed E-state index contributed by atoms with van der Waals surface area (Å²) in [5.74, 6) is 1.43. The molecule has 0 spiro atoms. The average Bonchev–Trinajstić information content (AvgIpc) is 3.25. The molecule has 1 saturated heterocycles. The second-order valence-corrected chi connectivity index (χ2v) is 7.49. The van der Waals surface area contributed by atoms with Gasteiger partial charge in [0.05, 0.1) is 12.9 Å². The summed E-state index contributed by atoms with van der Waals surface area (Å²) in [5.41, 5.74) is 1.11. The molecule has 4 rings (SSSR count). The van der Waals surface area contributed by atoms with Crippen LogP contribution in [0.1, 0.15) is 44.8 Å². The van der Waals surface area contributed by atoms with Crippen LogP contribution < -0.4 is 5.32 Å². The first kappa shape index (κ1) is 18.5. The van der Waals surface area contributed by atoms with E-state index in [9.17, 15) is 15.3 Å². The average molecular weight is 377 g/mol. The van der Waals surface area contributed by atoms with Crippen molar-refractivity contribution in [3.63, 3.8) is 0 Å². The van der Waals surface area contributed by atoms with E-state index in [4.69, 9.17) is 4.74 Å². The number of aliphatic hydroxyl groups is 3. The molecule has 9 nitrogen and oxygen atoms in total. The van der Waals surface area contributed by atoms with Gasteiger partial charge in [-0.1, -0.05) is 32.1 Å². The van der Waals surface area contributed by atoms with Crippen LogP contribution >= 0.6 is 0 Å². The van der Waals surface area contributed by atoms with Crippen LogP contribution in [0.15, 0.2) is 12.7 Å². The molecule has 27 heavy (non-hydrogen) atoms. The van der Waals surface area contributed by atoms with Crippen molar-refractivity contribution in [3.05, 3.63) is 12.7 Å². The van der Waals surface area contributed by atoms with Crippen molar-refractivity contribution in [1.82, 2.24) is 19.5 Å². The van der Waals surface area contributed by atoms with Crippen molar-refractivity contribution >= 4 is 17.0 Å². The van der Waals surface area contributed by atoms with Crippen LogP contribution in [-0.4, -0.2) is 66.3 Å². The van der Waals surface area contributed by atoms with Gasteiger partial charge in [0.2, 0.25) is 0 Å². The summed E-state index contributed by atoms with van der Waals surface area (Å²) >= 11 is 0. The van der Waals surface area contributed by atoms with Gasteiger partial charge in [-0.25, -0.2) is 15.0 Å². The van der Waals surface area contributed by atoms with Gasteiger partial charge in [-0.15, -0.1) is 0 Å². The van der Waals surface area contributed by atoms with Gasteiger partial charge in [0.15, 0.2) is 23.2 Å². The van der Waals surface area contributed by atoms with Crippen LogP contribution in [0.5, 0.6) is 0 Å². The number of aromatic nitrogens is 4. The smallest absolute Gasteiger partial charge is 0.167 e. The molecule has 148 valence electrons. The molecule has 2 aromatic rings. The maximum Gasteiger partial charge on any atom is 0.167 e. The minimum atomic E-state index is -1.17. The number of nitrogens with one attached hydrogen (secondary N) is 1. The van der Waals surface area contributed by atoms with Crippen LogP contribution in [0, 0.1) is 5.92 Å². The Kier molecular flexibility index (Phi) is 5.53. The number of fused-ring (bicyclic) bond motifs is 1. The molecule has 4 N–H and O–H groups in total. The Balaban J connectivity index is 1.48. The molecule has 2 fully saturated rings. The van der Waals surface area contributed by atoms with Crippen molar-refractivity contribution in [2.45, 2.75) is 63.1 Å². The SMILES string of the molecule is OCC1OC(n2cnc3c(NCCC4CCCCC4)ncnc32)C(O)C1O. The second kappa shape index (κ2) is 8.05. The third-order valence-corrected chi connectivity index (χ3v) is 5.72. The number of anilines is 1. The standard InChI is InChI=1S/C18H27N5O4/c24-8-12-14(25)15(26)18(27-12)23-10-22-13-16(20-9-21-17(13)23)19-7-6-11-4-2-1-3-5-11/h9-12,14-15,18,24-26H,1-8H2,(H,19,20,21). The summed E-state index contributed by atoms with van der Waals surface area (Å²) in [7, 11) is 0. The van der Waals surface area contributed by atoms with Crippen LogP contribution in [0.3, 0.4) is 0 Å². The largest absolute Gasteiger partial charge is 0.394 e. The Morgan fingerprint density at radius 2 is 1.93 bits per heavy atom. The van der Waals surface area contributed by atoms with E-state index in [0.717, 1.165) is 18.9 Å². The monoisotopic (exact) mass is 377 g/mol. The highest BCUT2D eigenvalue weighted by Gasteiger charge is 2.44. The molecule has 0 amide bonds. The molecular weight excluding hydrogens is 350 g/mol. The van der Waals surface area contributed by atoms with Gasteiger partial charge in [-0.05, 0) is 12.3 Å². The molecule has 4 atom stereocenters. The van der Waals surface area contributed by atoms with Gasteiger partial charge >= 0.3 is 0 Å². The Bertz CT molecular complexity index is 763. The minimum absolute atomic E-state index is 0.371. The summed E-state index contributed by atoms with van der Waals surface area (Å²) in [6.07, 6.45) is 6.69. The Morgan fingerprint density at radius 3 is 2.67 bits per heavy atom. The van der Waals surface area contributed by atoms with E-state index in [1.165, 1.54) is 44.8 Å². The molecular formula is C18H27N5O4. The van der Waals surface area contributed by atoms with Crippen molar-refractivity contribution < 1.29 is 20.1 Å². The zero-order valence-electron chi connectivity index (χ0n) is 15.2. The summed E-state index contributed by atoms with van der Waals surface area (Å²) in [5, 5.41) is 32.9. The van der Waals surface area contributed by atoms with Gasteiger partial charge in [-0.2, -0.15) is 0 Å². The first-order valence-corrected chi connectivity index (χ1v) is 9.73. The van der Waals surface area contributed by atoms with Gasteiger partial charge in [0, 0.05) is 6.54 Å². The first-order valence-electron chi connectivity index (χ1n) is 9.73. The number of rotatable bonds is 6. The second-order valence-electron chi connectivity index (χ2n) is 7.49. The summed E-state index contributed by atoms with van der Waals surface area (Å²) in [4.78, 5) is 13.0. The lowest BCUT2D eigenvalue weighted by atomic mass is 9.87. The Hall–Kier alpha value is -1.81. The summed E-state index contributed by atoms with van der Waals surface area (Å²) < 4.78 is 7.16. The molecule has 2 aliphatic rings. The summed E-state index contributed by atoms with van der Waals surface area (Å²) in [6.45, 7) is 0.460. The van der Waals surface area contributed by atoms with E-state index < -0.39 is 24.5 Å². The van der Waals surface area contributed by atoms with Crippen molar-refractivity contribution in [1.29, 1.82) is 0 Å². The molecule has 1 aliphatic carbocycles. The number of aliphatic hydroxyl groups excluding tert-OH is 3. The van der Waals surface area contributed by atoms with E-state index in [1.54, 1.807) is 4.57 Å². The fourth-order valence-electron chi connectivity index (χ4n) is 4.15. The van der Waals surface area contributed by atoms with E-state index in [0.29, 0.717) is 17.0 Å². The quantitative estimate of drug-likeness (QED) is 0.583. The molecule has 3 heterocycles. The predicted molar refractivity (Wildman–Crippen MR) is 98.0 cm³/mol. The number of hydrogen-bond donors (Lipinski definition) is 4. The van der Waals surface area contributed by atoms with Gasteiger partial charge in [0.1, 0.15) is 24.6 Å². The van der Waals surface area contributed by atoms with Crippen LogP contribution in [-0.2, 0) is 4.74 Å². The van der Waals surface area contributed by atoms with Gasteiger partial charge in [-0.3, -0.25) is 4.57 Å². The Morgan fingerprint density at radius 1 is 1.11 bits per heavy atom. The van der Waals surface area contributed by atoms with E-state index in [-0.39, 0.29) is 6.61 Å². The van der Waals surface area contributed by atoms with Crippen molar-refractivity contribution in [2.24, 2.45) is 5.92 Å². The highest BCUT2D eigenvalue weighted by atomic mass is 16.6. The molecule has 2 aromatic heterocycles. The lowest BCUT2D eigenvalue weighted by Gasteiger charge is -2.21. The molecule has 4 unspecified atom stereocenters. The van der Waals surface area contributed by atoms with Crippen LogP contribution in [0.2, 0.25) is 0 Å². The number of imidazole rings is 1. The van der Waals surface area contributed by atoms with Crippen molar-refractivity contribution in [3.8, 4) is 0 Å². The minimum Gasteiger partial charge on any atom is -0.394 e. The highest BCUT2D eigenvalue weighted by molar-refractivity contribution is 5.82. The molecule has 0 bridgehead atoms. The third kappa shape index (κ3) is 3.64. The summed E-state index contributed by atoms with van der Waals surface area (Å²) in [6, 6.07) is 0. The highest BCUT2D eigenvalue weighted by Crippen LogP contribution is 2.32. The van der Waals surface area contributed by atoms with Gasteiger partial charge in [0.25, 0.3) is 0 Å². The lowest BCUT2D eigenvalue weighted by molar-refractivity contribution is -0.0511. The fourth-order valence-corrected chi connectivity index (χ4v) is 4.15. The number of nitrogens with zero attached hydrogens (tertiary/aromatic N) is 4. The van der Waals surface area contributed by atoms with E-state index >= 15 is 0 Å². The van der Waals surface area contributed by atoms with E-state index in [1.807, 2.05) is 0 Å². The zero-order chi connectivity index (χ0) is 18.8.